The molecule has 9 heteroatoms. The molecule has 2 saturated heterocycles. The first-order chi connectivity index (χ1) is 17.2. The molecule has 2 bridgehead atoms. The summed E-state index contributed by atoms with van der Waals surface area (Å²) in [6, 6.07) is 0. The van der Waals surface area contributed by atoms with Crippen molar-refractivity contribution < 1.29 is 43.2 Å². The van der Waals surface area contributed by atoms with Gasteiger partial charge in [-0.1, -0.05) is 30.7 Å². The summed E-state index contributed by atoms with van der Waals surface area (Å²) in [7, 11) is 0. The third-order valence-electron chi connectivity index (χ3n) is 8.72. The van der Waals surface area contributed by atoms with E-state index in [1.54, 1.807) is 0 Å². The predicted molar refractivity (Wildman–Crippen MR) is 125 cm³/mol. The van der Waals surface area contributed by atoms with Crippen molar-refractivity contribution in [1.82, 2.24) is 0 Å². The Morgan fingerprint density at radius 1 is 1.00 bits per heavy atom. The largest absolute Gasteiger partial charge is 0.462 e. The minimum Gasteiger partial charge on any atom is -0.462 e. The van der Waals surface area contributed by atoms with E-state index in [-0.39, 0.29) is 38.4 Å². The van der Waals surface area contributed by atoms with Crippen LogP contribution in [0.5, 0.6) is 0 Å². The van der Waals surface area contributed by atoms with Crippen molar-refractivity contribution in [2.45, 2.75) is 63.4 Å². The zero-order valence-electron chi connectivity index (χ0n) is 20.6. The number of epoxide rings is 1. The summed E-state index contributed by atoms with van der Waals surface area (Å²) in [6.07, 6.45) is 9.68. The molecule has 3 fully saturated rings. The SMILES string of the molecule is CC1=CC2OC3CC4OC(=O)/C=C/C=C/C(=O)OCC/C(CO)=C/C(=O)OCC2(CC1)C4(C)C31CO1. The van der Waals surface area contributed by atoms with Crippen LogP contribution < -0.4 is 0 Å². The molecule has 0 amide bonds. The van der Waals surface area contributed by atoms with Gasteiger partial charge in [-0.05, 0) is 25.3 Å². The van der Waals surface area contributed by atoms with Crippen molar-refractivity contribution in [2.24, 2.45) is 10.8 Å². The molecule has 6 unspecified atom stereocenters. The fraction of sp³-hybridized carbons (Fsp3) is 0.593. The Labute approximate surface area is 209 Å². The Morgan fingerprint density at radius 2 is 1.75 bits per heavy atom. The highest BCUT2D eigenvalue weighted by Gasteiger charge is 2.83. The molecule has 5 rings (SSSR count). The van der Waals surface area contributed by atoms with Gasteiger partial charge in [0.25, 0.3) is 0 Å². The van der Waals surface area contributed by atoms with Crippen LogP contribution in [0.2, 0.25) is 0 Å². The molecule has 194 valence electrons. The average molecular weight is 501 g/mol. The Bertz CT molecular complexity index is 1070. The number of carbonyl (C=O) groups is 3. The lowest BCUT2D eigenvalue weighted by Crippen LogP contribution is -2.66. The van der Waals surface area contributed by atoms with Crippen molar-refractivity contribution in [3.05, 3.63) is 47.6 Å². The number of hydrogen-bond acceptors (Lipinski definition) is 9. The normalized spacial score (nSPS) is 44.0. The highest BCUT2D eigenvalue weighted by atomic mass is 16.6. The van der Waals surface area contributed by atoms with E-state index in [1.807, 2.05) is 0 Å². The van der Waals surface area contributed by atoms with Gasteiger partial charge in [-0.15, -0.1) is 0 Å². The third kappa shape index (κ3) is 3.93. The van der Waals surface area contributed by atoms with Gasteiger partial charge in [-0.3, -0.25) is 0 Å². The standard InChI is InChI=1S/C27H32O9/c1-17-7-9-26-15-33-24(31)12-18(14-28)8-10-32-22(29)5-3-4-6-23(30)36-19-13-21(35-20(26)11-17)27(16-34-27)25(19,26)2/h3-6,11-12,19-21,28H,7-10,13-16H2,1-2H3/b5-3+,6-4+,18-12-. The minimum atomic E-state index is -0.672. The summed E-state index contributed by atoms with van der Waals surface area (Å²) in [4.78, 5) is 37.5. The van der Waals surface area contributed by atoms with Gasteiger partial charge in [0.15, 0.2) is 0 Å². The molecule has 2 spiro atoms. The van der Waals surface area contributed by atoms with Crippen LogP contribution in [0.4, 0.5) is 0 Å². The second-order valence-electron chi connectivity index (χ2n) is 10.5. The maximum atomic E-state index is 12.8. The molecular weight excluding hydrogens is 468 g/mol. The molecule has 3 aliphatic heterocycles. The third-order valence-corrected chi connectivity index (χ3v) is 8.72. The van der Waals surface area contributed by atoms with Crippen LogP contribution >= 0.6 is 0 Å². The fourth-order valence-corrected chi connectivity index (χ4v) is 6.52. The number of ether oxygens (including phenoxy) is 5. The van der Waals surface area contributed by atoms with Gasteiger partial charge in [0.2, 0.25) is 0 Å². The van der Waals surface area contributed by atoms with E-state index in [0.717, 1.165) is 6.42 Å². The van der Waals surface area contributed by atoms with Gasteiger partial charge < -0.3 is 28.8 Å². The Morgan fingerprint density at radius 3 is 2.47 bits per heavy atom. The van der Waals surface area contributed by atoms with Crippen molar-refractivity contribution in [1.29, 1.82) is 0 Å². The maximum Gasteiger partial charge on any atom is 0.331 e. The summed E-state index contributed by atoms with van der Waals surface area (Å²) >= 11 is 0. The first-order valence-electron chi connectivity index (χ1n) is 12.4. The molecular formula is C27H32O9. The van der Waals surface area contributed by atoms with Crippen molar-refractivity contribution >= 4 is 17.9 Å². The molecule has 0 aromatic carbocycles. The topological polar surface area (TPSA) is 121 Å². The van der Waals surface area contributed by atoms with E-state index < -0.39 is 40.4 Å². The van der Waals surface area contributed by atoms with Crippen LogP contribution in [0.25, 0.3) is 0 Å². The van der Waals surface area contributed by atoms with Crippen molar-refractivity contribution in [2.75, 3.05) is 26.4 Å². The summed E-state index contributed by atoms with van der Waals surface area (Å²) in [5, 5.41) is 9.68. The maximum absolute atomic E-state index is 12.8. The Hall–Kier alpha value is -2.75. The fourth-order valence-electron chi connectivity index (χ4n) is 6.52. The molecule has 1 saturated carbocycles. The summed E-state index contributed by atoms with van der Waals surface area (Å²) in [5.74, 6) is -1.74. The second kappa shape index (κ2) is 9.28. The monoisotopic (exact) mass is 500 g/mol. The lowest BCUT2D eigenvalue weighted by Gasteiger charge is -2.58. The molecule has 0 aromatic rings. The van der Waals surface area contributed by atoms with Gasteiger partial charge in [0.1, 0.15) is 18.3 Å². The second-order valence-corrected chi connectivity index (χ2v) is 10.5. The first kappa shape index (κ1) is 24.9. The van der Waals surface area contributed by atoms with Crippen LogP contribution in [-0.4, -0.2) is 73.4 Å². The summed E-state index contributed by atoms with van der Waals surface area (Å²) < 4.78 is 29.6. The van der Waals surface area contributed by atoms with Crippen molar-refractivity contribution in [3.63, 3.8) is 0 Å². The number of hydrogen-bond donors (Lipinski definition) is 1. The van der Waals surface area contributed by atoms with E-state index in [4.69, 9.17) is 23.7 Å². The van der Waals surface area contributed by atoms with Crippen LogP contribution in [0.3, 0.4) is 0 Å². The van der Waals surface area contributed by atoms with E-state index in [9.17, 15) is 19.5 Å². The zero-order chi connectivity index (χ0) is 25.6. The van der Waals surface area contributed by atoms with E-state index in [2.05, 4.69) is 19.9 Å². The highest BCUT2D eigenvalue weighted by Crippen LogP contribution is 2.72. The smallest absolute Gasteiger partial charge is 0.331 e. The Balaban J connectivity index is 1.53. The molecule has 5 aliphatic rings. The Kier molecular flexibility index (Phi) is 6.43. The molecule has 1 N–H and O–H groups in total. The van der Waals surface area contributed by atoms with Crippen LogP contribution in [0.15, 0.2) is 47.6 Å². The van der Waals surface area contributed by atoms with E-state index in [1.165, 1.54) is 36.0 Å². The number of allylic oxidation sites excluding steroid dienone is 3. The zero-order valence-corrected chi connectivity index (χ0v) is 20.6. The molecule has 6 atom stereocenters. The van der Waals surface area contributed by atoms with Crippen LogP contribution in [0.1, 0.15) is 39.5 Å². The lowest BCUT2D eigenvalue weighted by atomic mass is 9.51. The highest BCUT2D eigenvalue weighted by molar-refractivity contribution is 5.85. The lowest BCUT2D eigenvalue weighted by molar-refractivity contribution is -0.232. The van der Waals surface area contributed by atoms with Gasteiger partial charge in [0.05, 0.1) is 37.4 Å². The first-order valence-corrected chi connectivity index (χ1v) is 12.4. The average Bonchev–Trinajstić information content (AvgIpc) is 3.62. The van der Waals surface area contributed by atoms with Gasteiger partial charge in [-0.25, -0.2) is 14.4 Å². The molecule has 2 aliphatic carbocycles. The van der Waals surface area contributed by atoms with E-state index in [0.29, 0.717) is 25.0 Å². The van der Waals surface area contributed by atoms with Crippen LogP contribution in [-0.2, 0) is 38.1 Å². The van der Waals surface area contributed by atoms with Crippen LogP contribution in [0, 0.1) is 10.8 Å². The van der Waals surface area contributed by atoms with Gasteiger partial charge in [-0.2, -0.15) is 0 Å². The number of aliphatic hydroxyl groups is 1. The predicted octanol–water partition coefficient (Wildman–Crippen LogP) is 2.09. The van der Waals surface area contributed by atoms with E-state index >= 15 is 0 Å². The van der Waals surface area contributed by atoms with Gasteiger partial charge >= 0.3 is 17.9 Å². The molecule has 0 radical (unpaired) electrons. The molecule has 36 heavy (non-hydrogen) atoms. The minimum absolute atomic E-state index is 0.0144. The summed E-state index contributed by atoms with van der Waals surface area (Å²) in [6.45, 7) is 4.29. The van der Waals surface area contributed by atoms with Gasteiger partial charge in [0, 0.05) is 36.5 Å². The molecule has 9 nitrogen and oxygen atoms in total. The molecule has 3 heterocycles. The number of rotatable bonds is 1. The van der Waals surface area contributed by atoms with Crippen molar-refractivity contribution in [3.8, 4) is 0 Å². The number of aliphatic hydroxyl groups excluding tert-OH is 1. The number of carbonyl (C=O) groups excluding carboxylic acids is 3. The number of cyclic esters (lactones) is 2. The summed E-state index contributed by atoms with van der Waals surface area (Å²) in [5.41, 5.74) is -0.350. The molecule has 0 aromatic heterocycles. The quantitative estimate of drug-likeness (QED) is 0.250. The number of esters is 3.